The van der Waals surface area contributed by atoms with Gasteiger partial charge >= 0.3 is 0 Å². The van der Waals surface area contributed by atoms with E-state index in [1.165, 1.54) is 45.2 Å². The van der Waals surface area contributed by atoms with Crippen LogP contribution < -0.4 is 0 Å². The molecular formula is C14H27NO. The Balaban J connectivity index is 1.79. The monoisotopic (exact) mass is 225 g/mol. The third-order valence-corrected chi connectivity index (χ3v) is 4.87. The molecule has 1 aliphatic carbocycles. The Kier molecular flexibility index (Phi) is 3.60. The fraction of sp³-hybridized carbons (Fsp3) is 1.00. The van der Waals surface area contributed by atoms with E-state index in [1.807, 2.05) is 0 Å². The molecule has 1 aliphatic heterocycles. The fourth-order valence-corrected chi connectivity index (χ4v) is 3.52. The average molecular weight is 225 g/mol. The first-order chi connectivity index (χ1) is 7.61. The Labute approximate surface area is 100 Å². The number of β-amino-alcohol motifs (C(OH)–C–C–N with tert-alkyl or cyclic N) is 1. The van der Waals surface area contributed by atoms with Crippen molar-refractivity contribution in [3.63, 3.8) is 0 Å². The van der Waals surface area contributed by atoms with Crippen LogP contribution >= 0.6 is 0 Å². The molecule has 1 N–H and O–H groups in total. The molecule has 0 bridgehead atoms. The maximum absolute atomic E-state index is 10.3. The van der Waals surface area contributed by atoms with E-state index in [4.69, 9.17) is 0 Å². The second-order valence-corrected chi connectivity index (χ2v) is 6.14. The first-order valence-corrected chi connectivity index (χ1v) is 7.06. The summed E-state index contributed by atoms with van der Waals surface area (Å²) >= 11 is 0. The van der Waals surface area contributed by atoms with E-state index in [1.54, 1.807) is 0 Å². The van der Waals surface area contributed by atoms with Gasteiger partial charge in [0.05, 0.1) is 5.60 Å². The van der Waals surface area contributed by atoms with Crippen molar-refractivity contribution < 1.29 is 5.11 Å². The third kappa shape index (κ3) is 2.43. The Morgan fingerprint density at radius 2 is 1.62 bits per heavy atom. The number of rotatable bonds is 4. The maximum Gasteiger partial charge on any atom is 0.0768 e. The molecule has 2 fully saturated rings. The van der Waals surface area contributed by atoms with Gasteiger partial charge in [0.25, 0.3) is 0 Å². The van der Waals surface area contributed by atoms with Gasteiger partial charge in [0, 0.05) is 19.6 Å². The van der Waals surface area contributed by atoms with E-state index in [2.05, 4.69) is 18.7 Å². The summed E-state index contributed by atoms with van der Waals surface area (Å²) in [6.45, 7) is 7.58. The molecule has 16 heavy (non-hydrogen) atoms. The van der Waals surface area contributed by atoms with E-state index < -0.39 is 5.60 Å². The van der Waals surface area contributed by atoms with Crippen LogP contribution in [0.15, 0.2) is 0 Å². The van der Waals surface area contributed by atoms with Gasteiger partial charge in [-0.05, 0) is 31.1 Å². The largest absolute Gasteiger partial charge is 0.389 e. The first-order valence-electron chi connectivity index (χ1n) is 7.06. The summed E-state index contributed by atoms with van der Waals surface area (Å²) in [5.41, 5.74) is 0.219. The van der Waals surface area contributed by atoms with Gasteiger partial charge in [-0.3, -0.25) is 4.90 Å². The van der Waals surface area contributed by atoms with Gasteiger partial charge in [0.15, 0.2) is 0 Å². The van der Waals surface area contributed by atoms with Crippen molar-refractivity contribution in [2.75, 3.05) is 19.6 Å². The second kappa shape index (κ2) is 4.66. The van der Waals surface area contributed by atoms with Crippen LogP contribution in [0.1, 0.15) is 58.8 Å². The summed E-state index contributed by atoms with van der Waals surface area (Å²) < 4.78 is 0. The zero-order valence-electron chi connectivity index (χ0n) is 11.0. The molecule has 0 atom stereocenters. The van der Waals surface area contributed by atoms with Gasteiger partial charge in [0.1, 0.15) is 0 Å². The predicted molar refractivity (Wildman–Crippen MR) is 67.5 cm³/mol. The van der Waals surface area contributed by atoms with Crippen molar-refractivity contribution in [3.05, 3.63) is 0 Å². The summed E-state index contributed by atoms with van der Waals surface area (Å²) in [4.78, 5) is 2.47. The Morgan fingerprint density at radius 3 is 2.12 bits per heavy atom. The van der Waals surface area contributed by atoms with Gasteiger partial charge in [0.2, 0.25) is 0 Å². The number of hydrogen-bond donors (Lipinski definition) is 1. The molecule has 2 rings (SSSR count). The zero-order valence-corrected chi connectivity index (χ0v) is 11.0. The molecule has 1 spiro atoms. The van der Waals surface area contributed by atoms with Gasteiger partial charge < -0.3 is 5.11 Å². The minimum absolute atomic E-state index is 0.434. The molecule has 1 saturated carbocycles. The molecule has 2 heteroatoms. The lowest BCUT2D eigenvalue weighted by Crippen LogP contribution is -2.60. The van der Waals surface area contributed by atoms with Crippen LogP contribution in [0.3, 0.4) is 0 Å². The van der Waals surface area contributed by atoms with Crippen molar-refractivity contribution >= 4 is 0 Å². The van der Waals surface area contributed by atoms with E-state index in [9.17, 15) is 5.11 Å². The Bertz CT molecular complexity index is 221. The highest BCUT2D eigenvalue weighted by Crippen LogP contribution is 2.44. The summed E-state index contributed by atoms with van der Waals surface area (Å²) in [7, 11) is 0. The van der Waals surface area contributed by atoms with Crippen molar-refractivity contribution in [2.45, 2.75) is 64.4 Å². The normalized spacial score (nSPS) is 25.7. The van der Waals surface area contributed by atoms with Gasteiger partial charge in [-0.2, -0.15) is 0 Å². The van der Waals surface area contributed by atoms with E-state index in [0.717, 1.165) is 19.4 Å². The lowest BCUT2D eigenvalue weighted by molar-refractivity contribution is -0.0841. The van der Waals surface area contributed by atoms with Crippen LogP contribution in [0.2, 0.25) is 0 Å². The predicted octanol–water partition coefficient (Wildman–Crippen LogP) is 2.80. The van der Waals surface area contributed by atoms with E-state index >= 15 is 0 Å². The molecule has 0 unspecified atom stereocenters. The van der Waals surface area contributed by atoms with Gasteiger partial charge in [-0.15, -0.1) is 0 Å². The fourth-order valence-electron chi connectivity index (χ4n) is 3.52. The molecule has 1 heterocycles. The quantitative estimate of drug-likeness (QED) is 0.795. The highest BCUT2D eigenvalue weighted by atomic mass is 16.3. The van der Waals surface area contributed by atoms with Crippen molar-refractivity contribution in [3.8, 4) is 0 Å². The SMILES string of the molecule is CCC(O)(CC)CN1CC2(CCCCC2)C1. The van der Waals surface area contributed by atoms with E-state index in [0.29, 0.717) is 5.41 Å². The second-order valence-electron chi connectivity index (χ2n) is 6.14. The molecule has 0 aromatic heterocycles. The molecule has 1 saturated heterocycles. The van der Waals surface area contributed by atoms with Gasteiger partial charge in [-0.1, -0.05) is 33.1 Å². The minimum Gasteiger partial charge on any atom is -0.389 e. The third-order valence-electron chi connectivity index (χ3n) is 4.87. The van der Waals surface area contributed by atoms with E-state index in [-0.39, 0.29) is 0 Å². The molecular weight excluding hydrogens is 198 g/mol. The Hall–Kier alpha value is -0.0800. The smallest absolute Gasteiger partial charge is 0.0768 e. The maximum atomic E-state index is 10.3. The molecule has 0 amide bonds. The lowest BCUT2D eigenvalue weighted by Gasteiger charge is -2.54. The van der Waals surface area contributed by atoms with Crippen LogP contribution in [-0.2, 0) is 0 Å². The molecule has 0 aromatic carbocycles. The van der Waals surface area contributed by atoms with Crippen molar-refractivity contribution in [1.82, 2.24) is 4.90 Å². The number of nitrogens with zero attached hydrogens (tertiary/aromatic N) is 1. The topological polar surface area (TPSA) is 23.5 Å². The zero-order chi connectivity index (χ0) is 11.6. The van der Waals surface area contributed by atoms with Crippen molar-refractivity contribution in [2.24, 2.45) is 5.41 Å². The molecule has 2 nitrogen and oxygen atoms in total. The van der Waals surface area contributed by atoms with Crippen LogP contribution in [0.25, 0.3) is 0 Å². The standard InChI is InChI=1S/C14H27NO/c1-3-14(16,4-2)12-15-10-13(11-15)8-6-5-7-9-13/h16H,3-12H2,1-2H3. The summed E-state index contributed by atoms with van der Waals surface area (Å²) in [5.74, 6) is 0. The van der Waals surface area contributed by atoms with Crippen molar-refractivity contribution in [1.29, 1.82) is 0 Å². The lowest BCUT2D eigenvalue weighted by atomic mass is 9.68. The molecule has 2 aliphatic rings. The van der Waals surface area contributed by atoms with Crippen LogP contribution in [0.4, 0.5) is 0 Å². The summed E-state index contributed by atoms with van der Waals surface area (Å²) in [6, 6.07) is 0. The molecule has 0 aromatic rings. The van der Waals surface area contributed by atoms with Crippen LogP contribution in [0, 0.1) is 5.41 Å². The molecule has 94 valence electrons. The van der Waals surface area contributed by atoms with Crippen LogP contribution in [-0.4, -0.2) is 35.2 Å². The minimum atomic E-state index is -0.434. The van der Waals surface area contributed by atoms with Gasteiger partial charge in [-0.25, -0.2) is 0 Å². The highest BCUT2D eigenvalue weighted by molar-refractivity contribution is 4.98. The average Bonchev–Trinajstić information content (AvgIpc) is 2.28. The first kappa shape index (κ1) is 12.4. The highest BCUT2D eigenvalue weighted by Gasteiger charge is 2.44. The number of hydrogen-bond acceptors (Lipinski definition) is 2. The Morgan fingerprint density at radius 1 is 1.06 bits per heavy atom. The molecule has 0 radical (unpaired) electrons. The summed E-state index contributed by atoms with van der Waals surface area (Å²) in [5, 5.41) is 10.3. The number of likely N-dealkylation sites (tertiary alicyclic amines) is 1. The number of aliphatic hydroxyl groups is 1. The van der Waals surface area contributed by atoms with Crippen LogP contribution in [0.5, 0.6) is 0 Å². The summed E-state index contributed by atoms with van der Waals surface area (Å²) in [6.07, 6.45) is 8.93.